The summed E-state index contributed by atoms with van der Waals surface area (Å²) in [5.41, 5.74) is 0.783. The molecule has 0 aliphatic heterocycles. The monoisotopic (exact) mass is 246 g/mol. The standard InChI is InChI=1S/C14H14O4/c1-10-14(13(15)7-8-17-10)18-9-11-3-5-12(16-2)6-4-11/h3-8H,9H2,1-2H3. The zero-order valence-electron chi connectivity index (χ0n) is 10.3. The van der Waals surface area contributed by atoms with Crippen molar-refractivity contribution in [1.82, 2.24) is 0 Å². The van der Waals surface area contributed by atoms with Gasteiger partial charge in [-0.2, -0.15) is 0 Å². The van der Waals surface area contributed by atoms with Gasteiger partial charge in [0.15, 0.2) is 0 Å². The van der Waals surface area contributed by atoms with Crippen LogP contribution in [0.4, 0.5) is 0 Å². The molecule has 0 aliphatic carbocycles. The van der Waals surface area contributed by atoms with Crippen LogP contribution in [0.15, 0.2) is 45.8 Å². The third-order valence-corrected chi connectivity index (χ3v) is 2.55. The van der Waals surface area contributed by atoms with Gasteiger partial charge in [-0.05, 0) is 24.6 Å². The summed E-state index contributed by atoms with van der Waals surface area (Å²) in [7, 11) is 1.62. The summed E-state index contributed by atoms with van der Waals surface area (Å²) in [6.45, 7) is 2.02. The van der Waals surface area contributed by atoms with Crippen molar-refractivity contribution in [1.29, 1.82) is 0 Å². The number of rotatable bonds is 4. The molecule has 0 spiro atoms. The Bertz CT molecular complexity index is 569. The van der Waals surface area contributed by atoms with Crippen molar-refractivity contribution in [2.45, 2.75) is 13.5 Å². The van der Waals surface area contributed by atoms with E-state index in [1.165, 1.54) is 12.3 Å². The summed E-state index contributed by atoms with van der Waals surface area (Å²) in [5, 5.41) is 0. The van der Waals surface area contributed by atoms with Gasteiger partial charge in [0, 0.05) is 6.07 Å². The van der Waals surface area contributed by atoms with Crippen LogP contribution in [0.3, 0.4) is 0 Å². The van der Waals surface area contributed by atoms with E-state index in [-0.39, 0.29) is 11.2 Å². The van der Waals surface area contributed by atoms with Crippen LogP contribution in [-0.4, -0.2) is 7.11 Å². The van der Waals surface area contributed by atoms with Crippen molar-refractivity contribution in [2.75, 3.05) is 7.11 Å². The molecule has 0 fully saturated rings. The van der Waals surface area contributed by atoms with Crippen molar-refractivity contribution >= 4 is 0 Å². The predicted molar refractivity (Wildman–Crippen MR) is 67.0 cm³/mol. The number of hydrogen-bond donors (Lipinski definition) is 0. The first-order chi connectivity index (χ1) is 8.70. The molecule has 2 rings (SSSR count). The zero-order valence-corrected chi connectivity index (χ0v) is 10.3. The third kappa shape index (κ3) is 2.71. The smallest absolute Gasteiger partial charge is 0.227 e. The maximum atomic E-state index is 11.6. The molecular weight excluding hydrogens is 232 g/mol. The average Bonchev–Trinajstić information content (AvgIpc) is 2.39. The van der Waals surface area contributed by atoms with Crippen molar-refractivity contribution in [3.05, 3.63) is 58.1 Å². The third-order valence-electron chi connectivity index (χ3n) is 2.55. The molecular formula is C14H14O4. The maximum absolute atomic E-state index is 11.6. The molecule has 2 aromatic rings. The normalized spacial score (nSPS) is 10.1. The van der Waals surface area contributed by atoms with Gasteiger partial charge in [0.2, 0.25) is 11.2 Å². The van der Waals surface area contributed by atoms with Crippen LogP contribution in [0.2, 0.25) is 0 Å². The highest BCUT2D eigenvalue weighted by Gasteiger charge is 2.06. The first-order valence-corrected chi connectivity index (χ1v) is 5.55. The molecule has 1 aromatic heterocycles. The Morgan fingerprint density at radius 2 is 1.89 bits per heavy atom. The molecule has 0 saturated carbocycles. The van der Waals surface area contributed by atoms with Gasteiger partial charge >= 0.3 is 0 Å². The topological polar surface area (TPSA) is 48.7 Å². The van der Waals surface area contributed by atoms with Crippen LogP contribution >= 0.6 is 0 Å². The molecule has 0 radical (unpaired) electrons. The summed E-state index contributed by atoms with van der Waals surface area (Å²) in [6, 6.07) is 8.81. The van der Waals surface area contributed by atoms with E-state index in [2.05, 4.69) is 0 Å². The van der Waals surface area contributed by atoms with Crippen LogP contribution in [0, 0.1) is 6.92 Å². The highest BCUT2D eigenvalue weighted by Crippen LogP contribution is 2.15. The van der Waals surface area contributed by atoms with Gasteiger partial charge in [0.25, 0.3) is 0 Å². The van der Waals surface area contributed by atoms with E-state index in [9.17, 15) is 4.79 Å². The Hall–Kier alpha value is -2.23. The Morgan fingerprint density at radius 1 is 1.17 bits per heavy atom. The van der Waals surface area contributed by atoms with Crippen molar-refractivity contribution in [3.8, 4) is 11.5 Å². The van der Waals surface area contributed by atoms with Crippen molar-refractivity contribution < 1.29 is 13.9 Å². The van der Waals surface area contributed by atoms with Crippen molar-refractivity contribution in [3.63, 3.8) is 0 Å². The molecule has 94 valence electrons. The second-order valence-electron chi connectivity index (χ2n) is 3.81. The van der Waals surface area contributed by atoms with Crippen LogP contribution in [-0.2, 0) is 6.61 Å². The zero-order chi connectivity index (χ0) is 13.0. The van der Waals surface area contributed by atoms with E-state index in [1.54, 1.807) is 14.0 Å². The highest BCUT2D eigenvalue weighted by molar-refractivity contribution is 5.28. The van der Waals surface area contributed by atoms with E-state index in [4.69, 9.17) is 13.9 Å². The molecule has 0 atom stereocenters. The number of hydrogen-bond acceptors (Lipinski definition) is 4. The fourth-order valence-corrected chi connectivity index (χ4v) is 1.55. The van der Waals surface area contributed by atoms with Crippen LogP contribution in [0.5, 0.6) is 11.5 Å². The lowest BCUT2D eigenvalue weighted by Gasteiger charge is -2.07. The van der Waals surface area contributed by atoms with Gasteiger partial charge in [-0.1, -0.05) is 12.1 Å². The fourth-order valence-electron chi connectivity index (χ4n) is 1.55. The van der Waals surface area contributed by atoms with E-state index in [1.807, 2.05) is 24.3 Å². The Morgan fingerprint density at radius 3 is 2.50 bits per heavy atom. The van der Waals surface area contributed by atoms with E-state index >= 15 is 0 Å². The van der Waals surface area contributed by atoms with Gasteiger partial charge in [-0.15, -0.1) is 0 Å². The molecule has 1 aromatic carbocycles. The lowest BCUT2D eigenvalue weighted by atomic mass is 10.2. The molecule has 4 nitrogen and oxygen atoms in total. The van der Waals surface area contributed by atoms with Crippen molar-refractivity contribution in [2.24, 2.45) is 0 Å². The molecule has 4 heteroatoms. The lowest BCUT2D eigenvalue weighted by Crippen LogP contribution is -2.08. The van der Waals surface area contributed by atoms with Gasteiger partial charge in [0.1, 0.15) is 18.1 Å². The van der Waals surface area contributed by atoms with Crippen LogP contribution in [0.1, 0.15) is 11.3 Å². The first kappa shape index (κ1) is 12.2. The Balaban J connectivity index is 2.09. The number of methoxy groups -OCH3 is 1. The van der Waals surface area contributed by atoms with Gasteiger partial charge in [0.05, 0.1) is 13.4 Å². The first-order valence-electron chi connectivity index (χ1n) is 5.55. The minimum atomic E-state index is -0.174. The molecule has 1 heterocycles. The Kier molecular flexibility index (Phi) is 3.67. The molecule has 18 heavy (non-hydrogen) atoms. The second kappa shape index (κ2) is 5.40. The predicted octanol–water partition coefficient (Wildman–Crippen LogP) is 2.54. The molecule has 0 bridgehead atoms. The fraction of sp³-hybridized carbons (Fsp3) is 0.214. The van der Waals surface area contributed by atoms with E-state index in [0.29, 0.717) is 12.4 Å². The quantitative estimate of drug-likeness (QED) is 0.831. The number of ether oxygens (including phenoxy) is 2. The minimum Gasteiger partial charge on any atom is -0.497 e. The summed E-state index contributed by atoms with van der Waals surface area (Å²) in [5.74, 6) is 1.53. The molecule has 0 aliphatic rings. The minimum absolute atomic E-state index is 0.174. The second-order valence-corrected chi connectivity index (χ2v) is 3.81. The summed E-state index contributed by atoms with van der Waals surface area (Å²) in [4.78, 5) is 11.6. The number of aryl methyl sites for hydroxylation is 1. The van der Waals surface area contributed by atoms with Crippen LogP contribution < -0.4 is 14.9 Å². The van der Waals surface area contributed by atoms with Gasteiger partial charge < -0.3 is 13.9 Å². The van der Waals surface area contributed by atoms with Crippen LogP contribution in [0.25, 0.3) is 0 Å². The SMILES string of the molecule is COc1ccc(COc2c(C)occc2=O)cc1. The van der Waals surface area contributed by atoms with Gasteiger partial charge in [-0.25, -0.2) is 0 Å². The number of benzene rings is 1. The summed E-state index contributed by atoms with van der Waals surface area (Å²) in [6.07, 6.45) is 1.36. The maximum Gasteiger partial charge on any atom is 0.227 e. The van der Waals surface area contributed by atoms with E-state index < -0.39 is 0 Å². The molecule has 0 amide bonds. The molecule has 0 unspecified atom stereocenters. The van der Waals surface area contributed by atoms with E-state index in [0.717, 1.165) is 11.3 Å². The summed E-state index contributed by atoms with van der Waals surface area (Å²) >= 11 is 0. The lowest BCUT2D eigenvalue weighted by molar-refractivity contribution is 0.286. The average molecular weight is 246 g/mol. The molecule has 0 N–H and O–H groups in total. The summed E-state index contributed by atoms with van der Waals surface area (Å²) < 4.78 is 15.7. The van der Waals surface area contributed by atoms with Gasteiger partial charge in [-0.3, -0.25) is 4.79 Å². The highest BCUT2D eigenvalue weighted by atomic mass is 16.5. The Labute approximate surface area is 105 Å². The largest absolute Gasteiger partial charge is 0.497 e. The molecule has 0 saturated heterocycles.